The van der Waals surface area contributed by atoms with E-state index < -0.39 is 17.8 Å². The number of amides is 4. The molecule has 0 radical (unpaired) electrons. The van der Waals surface area contributed by atoms with Crippen LogP contribution in [0.1, 0.15) is 20.3 Å². The molecule has 0 aromatic heterocycles. The van der Waals surface area contributed by atoms with Gasteiger partial charge < -0.3 is 0 Å². The van der Waals surface area contributed by atoms with E-state index in [2.05, 4.69) is 0 Å². The van der Waals surface area contributed by atoms with E-state index in [1.165, 1.54) is 0 Å². The third-order valence-corrected chi connectivity index (χ3v) is 3.21. The van der Waals surface area contributed by atoms with Crippen molar-refractivity contribution in [3.8, 4) is 0 Å². The Labute approximate surface area is 135 Å². The van der Waals surface area contributed by atoms with Crippen LogP contribution in [-0.4, -0.2) is 17.8 Å². The molecule has 0 spiro atoms. The first-order valence-corrected chi connectivity index (χ1v) is 7.48. The summed E-state index contributed by atoms with van der Waals surface area (Å²) in [6, 6.07) is 16.5. The van der Waals surface area contributed by atoms with Crippen molar-refractivity contribution in [2.24, 2.45) is 0 Å². The number of carbonyl (C=O) groups excluding carboxylic acids is 3. The van der Waals surface area contributed by atoms with E-state index in [0.717, 1.165) is 9.80 Å². The Morgan fingerprint density at radius 2 is 1.00 bits per heavy atom. The molecular weight excluding hydrogens is 292 g/mol. The Morgan fingerprint density at radius 3 is 1.35 bits per heavy atom. The van der Waals surface area contributed by atoms with Gasteiger partial charge in [0.05, 0.1) is 11.4 Å². The average Bonchev–Trinajstić information content (AvgIpc) is 2.58. The predicted octanol–water partition coefficient (Wildman–Crippen LogP) is 3.60. The van der Waals surface area contributed by atoms with Crippen LogP contribution >= 0.6 is 0 Å². The molecule has 3 rings (SSSR count). The zero-order chi connectivity index (χ0) is 16.8. The molecule has 0 unspecified atom stereocenters. The summed E-state index contributed by atoms with van der Waals surface area (Å²) in [6.07, 6.45) is -0.324. The van der Waals surface area contributed by atoms with Gasteiger partial charge >= 0.3 is 6.03 Å². The second-order valence-corrected chi connectivity index (χ2v) is 4.59. The Bertz CT molecular complexity index is 639. The lowest BCUT2D eigenvalue weighted by Crippen LogP contribution is -2.55. The lowest BCUT2D eigenvalue weighted by molar-refractivity contribution is -0.126. The van der Waals surface area contributed by atoms with Gasteiger partial charge in [-0.1, -0.05) is 50.2 Å². The second kappa shape index (κ2) is 7.35. The summed E-state index contributed by atoms with van der Waals surface area (Å²) in [5, 5.41) is 0. The Balaban J connectivity index is 0.000000924. The quantitative estimate of drug-likeness (QED) is 0.796. The first-order valence-electron chi connectivity index (χ1n) is 7.48. The van der Waals surface area contributed by atoms with Crippen molar-refractivity contribution in [1.82, 2.24) is 0 Å². The van der Waals surface area contributed by atoms with Gasteiger partial charge in [0.25, 0.3) is 0 Å². The minimum atomic E-state index is -0.645. The Kier molecular flexibility index (Phi) is 5.25. The minimum absolute atomic E-state index is 0.324. The van der Waals surface area contributed by atoms with E-state index >= 15 is 0 Å². The molecular formula is C18H18N2O3. The highest BCUT2D eigenvalue weighted by Crippen LogP contribution is 2.25. The molecule has 0 N–H and O–H groups in total. The smallest absolute Gasteiger partial charge is 0.273 e. The van der Waals surface area contributed by atoms with Crippen molar-refractivity contribution in [2.45, 2.75) is 20.3 Å². The van der Waals surface area contributed by atoms with Gasteiger partial charge in [0.2, 0.25) is 11.8 Å². The molecule has 118 valence electrons. The monoisotopic (exact) mass is 310 g/mol. The number of urea groups is 1. The van der Waals surface area contributed by atoms with Crippen LogP contribution in [0.5, 0.6) is 0 Å². The van der Waals surface area contributed by atoms with Crippen LogP contribution in [0, 0.1) is 0 Å². The molecule has 4 amide bonds. The van der Waals surface area contributed by atoms with Crippen molar-refractivity contribution < 1.29 is 14.4 Å². The molecule has 0 saturated carbocycles. The maximum atomic E-state index is 12.6. The molecule has 23 heavy (non-hydrogen) atoms. The zero-order valence-electron chi connectivity index (χ0n) is 13.1. The summed E-state index contributed by atoms with van der Waals surface area (Å²) in [6.45, 7) is 4.00. The first kappa shape index (κ1) is 16.4. The molecule has 5 heteroatoms. The molecule has 0 atom stereocenters. The lowest BCUT2D eigenvalue weighted by atomic mass is 10.2. The van der Waals surface area contributed by atoms with E-state index in [1.807, 2.05) is 13.8 Å². The van der Waals surface area contributed by atoms with E-state index in [4.69, 9.17) is 0 Å². The maximum Gasteiger partial charge on any atom is 0.342 e. The van der Waals surface area contributed by atoms with Gasteiger partial charge in [-0.15, -0.1) is 0 Å². The summed E-state index contributed by atoms with van der Waals surface area (Å²) >= 11 is 0. The van der Waals surface area contributed by atoms with Crippen molar-refractivity contribution in [1.29, 1.82) is 0 Å². The Hall–Kier alpha value is -2.95. The van der Waals surface area contributed by atoms with Gasteiger partial charge in [-0.05, 0) is 24.3 Å². The number of para-hydroxylation sites is 2. The number of anilines is 2. The highest BCUT2D eigenvalue weighted by molar-refractivity contribution is 6.35. The average molecular weight is 310 g/mol. The van der Waals surface area contributed by atoms with Crippen LogP contribution in [0.2, 0.25) is 0 Å². The van der Waals surface area contributed by atoms with E-state index in [1.54, 1.807) is 60.7 Å². The van der Waals surface area contributed by atoms with Gasteiger partial charge in [-0.3, -0.25) is 9.59 Å². The number of carbonyl (C=O) groups is 3. The highest BCUT2D eigenvalue weighted by Gasteiger charge is 2.39. The van der Waals surface area contributed by atoms with Gasteiger partial charge in [0.1, 0.15) is 6.42 Å². The number of hydrogen-bond donors (Lipinski definition) is 0. The van der Waals surface area contributed by atoms with Gasteiger partial charge in [0, 0.05) is 0 Å². The number of barbiturate groups is 1. The fraction of sp³-hybridized carbons (Fsp3) is 0.167. The van der Waals surface area contributed by atoms with Gasteiger partial charge in [0.15, 0.2) is 0 Å². The summed E-state index contributed by atoms with van der Waals surface area (Å²) in [5.41, 5.74) is 0.918. The fourth-order valence-electron chi connectivity index (χ4n) is 2.26. The van der Waals surface area contributed by atoms with Crippen molar-refractivity contribution in [3.63, 3.8) is 0 Å². The molecule has 1 aliphatic heterocycles. The third kappa shape index (κ3) is 3.29. The SMILES string of the molecule is CC.O=C1CC(=O)N(c2ccccc2)C(=O)N1c1ccccc1. The summed E-state index contributed by atoms with van der Waals surface area (Å²) in [5.74, 6) is -1.02. The normalized spacial score (nSPS) is 14.4. The van der Waals surface area contributed by atoms with Crippen LogP contribution in [0.3, 0.4) is 0 Å². The standard InChI is InChI=1S/C16H12N2O3.C2H6/c19-14-11-15(20)18(13-9-5-2-6-10-13)16(21)17(14)12-7-3-1-4-8-12;1-2/h1-10H,11H2;1-2H3. The zero-order valence-corrected chi connectivity index (χ0v) is 13.1. The maximum absolute atomic E-state index is 12.6. The van der Waals surface area contributed by atoms with Gasteiger partial charge in [-0.25, -0.2) is 14.6 Å². The number of nitrogens with zero attached hydrogens (tertiary/aromatic N) is 2. The largest absolute Gasteiger partial charge is 0.342 e. The van der Waals surface area contributed by atoms with Crippen LogP contribution in [0.15, 0.2) is 60.7 Å². The van der Waals surface area contributed by atoms with Crippen LogP contribution in [0.25, 0.3) is 0 Å². The number of hydrogen-bond acceptors (Lipinski definition) is 3. The van der Waals surface area contributed by atoms with Crippen LogP contribution in [0.4, 0.5) is 16.2 Å². The topological polar surface area (TPSA) is 57.7 Å². The number of rotatable bonds is 2. The van der Waals surface area contributed by atoms with Crippen molar-refractivity contribution in [3.05, 3.63) is 60.7 Å². The van der Waals surface area contributed by atoms with Gasteiger partial charge in [-0.2, -0.15) is 0 Å². The summed E-state index contributed by atoms with van der Waals surface area (Å²) < 4.78 is 0. The molecule has 1 aliphatic rings. The van der Waals surface area contributed by atoms with Crippen molar-refractivity contribution in [2.75, 3.05) is 9.80 Å². The number of imide groups is 2. The molecule has 5 nitrogen and oxygen atoms in total. The molecule has 1 saturated heterocycles. The number of benzene rings is 2. The molecule has 0 aliphatic carbocycles. The summed E-state index contributed by atoms with van der Waals surface area (Å²) in [4.78, 5) is 38.7. The van der Waals surface area contributed by atoms with E-state index in [-0.39, 0.29) is 6.42 Å². The first-order chi connectivity index (χ1) is 11.2. The van der Waals surface area contributed by atoms with Crippen LogP contribution in [-0.2, 0) is 9.59 Å². The third-order valence-electron chi connectivity index (χ3n) is 3.21. The van der Waals surface area contributed by atoms with Crippen LogP contribution < -0.4 is 9.80 Å². The fourth-order valence-corrected chi connectivity index (χ4v) is 2.26. The molecule has 2 aromatic carbocycles. The lowest BCUT2D eigenvalue weighted by Gasteiger charge is -2.32. The molecule has 1 fully saturated rings. The minimum Gasteiger partial charge on any atom is -0.273 e. The summed E-state index contributed by atoms with van der Waals surface area (Å²) in [7, 11) is 0. The second-order valence-electron chi connectivity index (χ2n) is 4.59. The molecule has 2 aromatic rings. The van der Waals surface area contributed by atoms with E-state index in [9.17, 15) is 14.4 Å². The molecule has 0 bridgehead atoms. The molecule has 1 heterocycles. The highest BCUT2D eigenvalue weighted by atomic mass is 16.2. The van der Waals surface area contributed by atoms with Crippen molar-refractivity contribution >= 4 is 29.2 Å². The predicted molar refractivity (Wildman–Crippen MR) is 89.2 cm³/mol. The Morgan fingerprint density at radius 1 is 0.652 bits per heavy atom. The van der Waals surface area contributed by atoms with E-state index in [0.29, 0.717) is 11.4 Å².